The molecule has 0 radical (unpaired) electrons. The number of hydrogen-bond donors (Lipinski definition) is 3. The highest BCUT2D eigenvalue weighted by atomic mass is 16.5. The highest BCUT2D eigenvalue weighted by Crippen LogP contribution is 2.28. The largest absolute Gasteiger partial charge is 0.371 e. The van der Waals surface area contributed by atoms with E-state index in [1.165, 1.54) is 0 Å². The topological polar surface area (TPSA) is 96.8 Å². The van der Waals surface area contributed by atoms with Crippen LogP contribution in [-0.2, 0) is 16.1 Å². The molecular weight excluding hydrogens is 394 g/mol. The van der Waals surface area contributed by atoms with Gasteiger partial charge in [-0.25, -0.2) is 9.78 Å². The van der Waals surface area contributed by atoms with Gasteiger partial charge in [0, 0.05) is 43.3 Å². The predicted octanol–water partition coefficient (Wildman–Crippen LogP) is 2.71. The van der Waals surface area contributed by atoms with Crippen LogP contribution in [0.5, 0.6) is 0 Å². The summed E-state index contributed by atoms with van der Waals surface area (Å²) in [4.78, 5) is 28.8. The molecule has 2 aromatic heterocycles. The Balaban J connectivity index is 1.28. The second-order valence-corrected chi connectivity index (χ2v) is 7.98. The Labute approximate surface area is 181 Å². The average Bonchev–Trinajstić information content (AvgIpc) is 3.19. The van der Waals surface area contributed by atoms with Gasteiger partial charge in [-0.3, -0.25) is 4.79 Å². The molecule has 0 spiro atoms. The minimum absolute atomic E-state index is 0.0348. The van der Waals surface area contributed by atoms with E-state index in [-0.39, 0.29) is 36.5 Å². The molecule has 2 atom stereocenters. The molecule has 3 heterocycles. The quantitative estimate of drug-likeness (QED) is 0.520. The van der Waals surface area contributed by atoms with Gasteiger partial charge >= 0.3 is 6.03 Å². The number of nitrogens with one attached hydrogen (secondary N) is 3. The summed E-state index contributed by atoms with van der Waals surface area (Å²) in [6.07, 6.45) is 5.56. The van der Waals surface area contributed by atoms with Crippen LogP contribution in [0, 0.1) is 0 Å². The predicted molar refractivity (Wildman–Crippen MR) is 118 cm³/mol. The van der Waals surface area contributed by atoms with E-state index in [2.05, 4.69) is 20.9 Å². The van der Waals surface area contributed by atoms with Crippen molar-refractivity contribution in [2.45, 2.75) is 38.5 Å². The number of benzene rings is 1. The first kappa shape index (κ1) is 21.0. The fourth-order valence-corrected chi connectivity index (χ4v) is 3.57. The molecule has 8 nitrogen and oxygen atoms in total. The molecule has 1 aliphatic heterocycles. The van der Waals surface area contributed by atoms with E-state index in [1.807, 2.05) is 67.0 Å². The van der Waals surface area contributed by atoms with Crippen molar-refractivity contribution in [3.05, 3.63) is 66.1 Å². The zero-order valence-electron chi connectivity index (χ0n) is 17.7. The smallest absolute Gasteiger partial charge is 0.319 e. The average molecular weight is 422 g/mol. The number of fused-ring (bicyclic) bond motifs is 1. The van der Waals surface area contributed by atoms with Crippen molar-refractivity contribution in [3.8, 4) is 0 Å². The van der Waals surface area contributed by atoms with E-state index < -0.39 is 0 Å². The zero-order chi connectivity index (χ0) is 21.8. The second-order valence-electron chi connectivity index (χ2n) is 7.98. The molecule has 2 amide bonds. The van der Waals surface area contributed by atoms with Crippen LogP contribution in [0.1, 0.15) is 30.9 Å². The van der Waals surface area contributed by atoms with Gasteiger partial charge in [0.25, 0.3) is 0 Å². The van der Waals surface area contributed by atoms with Crippen molar-refractivity contribution in [2.75, 3.05) is 18.5 Å². The summed E-state index contributed by atoms with van der Waals surface area (Å²) in [6.45, 7) is 5.12. The first-order valence-corrected chi connectivity index (χ1v) is 10.4. The van der Waals surface area contributed by atoms with Crippen LogP contribution >= 0.6 is 0 Å². The molecule has 8 heteroatoms. The molecular formula is C23H27N5O3. The molecule has 2 unspecified atom stereocenters. The Morgan fingerprint density at radius 1 is 1.23 bits per heavy atom. The number of pyridine rings is 1. The van der Waals surface area contributed by atoms with Crippen molar-refractivity contribution < 1.29 is 14.3 Å². The Hall–Kier alpha value is -3.23. The van der Waals surface area contributed by atoms with E-state index in [1.54, 1.807) is 6.20 Å². The summed E-state index contributed by atoms with van der Waals surface area (Å²) >= 11 is 0. The molecule has 1 saturated heterocycles. The number of Topliss-reactive ketones (excluding diaryl/α,β-unsaturated/α-hetero) is 1. The summed E-state index contributed by atoms with van der Waals surface area (Å²) < 4.78 is 7.35. The van der Waals surface area contributed by atoms with Crippen LogP contribution in [0.2, 0.25) is 0 Å². The Morgan fingerprint density at radius 2 is 2.03 bits per heavy atom. The molecule has 1 aliphatic rings. The van der Waals surface area contributed by atoms with E-state index in [9.17, 15) is 9.59 Å². The number of rotatable bonds is 8. The second kappa shape index (κ2) is 9.28. The highest BCUT2D eigenvalue weighted by molar-refractivity contribution is 5.89. The summed E-state index contributed by atoms with van der Waals surface area (Å²) in [5.41, 5.74) is 3.58. The first-order valence-electron chi connectivity index (χ1n) is 10.4. The molecule has 3 N–H and O–H groups in total. The minimum atomic E-state index is -0.278. The lowest BCUT2D eigenvalue weighted by Gasteiger charge is -2.37. The molecule has 0 saturated carbocycles. The van der Waals surface area contributed by atoms with Crippen molar-refractivity contribution in [3.63, 3.8) is 0 Å². The summed E-state index contributed by atoms with van der Waals surface area (Å²) in [5.74, 6) is 0.198. The maximum Gasteiger partial charge on any atom is 0.319 e. The Bertz CT molecular complexity index is 1060. The number of amides is 2. The maximum atomic E-state index is 12.3. The third kappa shape index (κ3) is 5.10. The number of hydrogen-bond acceptors (Lipinski definition) is 5. The lowest BCUT2D eigenvalue weighted by atomic mass is 9.82. The normalized spacial score (nSPS) is 18.0. The molecule has 0 aliphatic carbocycles. The lowest BCUT2D eigenvalue weighted by molar-refractivity contribution is -0.129. The van der Waals surface area contributed by atoms with Gasteiger partial charge in [0.15, 0.2) is 5.78 Å². The molecule has 162 valence electrons. The number of carbonyl (C=O) groups is 2. The summed E-state index contributed by atoms with van der Waals surface area (Å²) in [7, 11) is 0. The number of ketones is 1. The number of urea groups is 1. The number of aromatic nitrogens is 2. The summed E-state index contributed by atoms with van der Waals surface area (Å²) in [5, 5.41) is 8.88. The van der Waals surface area contributed by atoms with Gasteiger partial charge < -0.3 is 25.1 Å². The highest BCUT2D eigenvalue weighted by Gasteiger charge is 2.36. The number of carbonyl (C=O) groups excluding carboxylic acids is 2. The number of nitrogens with zero attached hydrogens (tertiary/aromatic N) is 2. The standard InChI is InChI=1S/C23H27N5O3/c1-15(2)31-14-20(29)22-19(13-25-22)17-3-5-18(6-4-17)27-23(30)26-12-16-7-9-28-10-8-24-21(28)11-16/h3-11,15,19,22,25H,12-14H2,1-2H3,(H2,26,27,30). The first-order chi connectivity index (χ1) is 15.0. The van der Waals surface area contributed by atoms with Crippen molar-refractivity contribution in [1.29, 1.82) is 0 Å². The van der Waals surface area contributed by atoms with Gasteiger partial charge in [-0.05, 0) is 49.2 Å². The van der Waals surface area contributed by atoms with Gasteiger partial charge in [-0.1, -0.05) is 12.1 Å². The van der Waals surface area contributed by atoms with Gasteiger partial charge in [0.2, 0.25) is 0 Å². The molecule has 0 bridgehead atoms. The fourth-order valence-electron chi connectivity index (χ4n) is 3.57. The van der Waals surface area contributed by atoms with Crippen molar-refractivity contribution in [2.24, 2.45) is 0 Å². The van der Waals surface area contributed by atoms with Crippen LogP contribution in [0.4, 0.5) is 10.5 Å². The molecule has 1 aromatic carbocycles. The van der Waals surface area contributed by atoms with Gasteiger partial charge in [-0.2, -0.15) is 0 Å². The van der Waals surface area contributed by atoms with Gasteiger partial charge in [0.1, 0.15) is 12.3 Å². The zero-order valence-corrected chi connectivity index (χ0v) is 17.7. The third-order valence-electron chi connectivity index (χ3n) is 5.38. The molecule has 1 fully saturated rings. The Kier molecular flexibility index (Phi) is 6.29. The maximum absolute atomic E-state index is 12.3. The number of imidazole rings is 1. The van der Waals surface area contributed by atoms with Gasteiger partial charge in [0.05, 0.1) is 12.1 Å². The van der Waals surface area contributed by atoms with E-state index in [0.29, 0.717) is 12.2 Å². The van der Waals surface area contributed by atoms with Crippen LogP contribution in [0.25, 0.3) is 5.65 Å². The minimum Gasteiger partial charge on any atom is -0.371 e. The van der Waals surface area contributed by atoms with E-state index in [4.69, 9.17) is 4.74 Å². The van der Waals surface area contributed by atoms with Crippen molar-refractivity contribution in [1.82, 2.24) is 20.0 Å². The molecule has 3 aromatic rings. The van der Waals surface area contributed by atoms with Gasteiger partial charge in [-0.15, -0.1) is 0 Å². The fraction of sp³-hybridized carbons (Fsp3) is 0.348. The van der Waals surface area contributed by atoms with Crippen LogP contribution < -0.4 is 16.0 Å². The number of anilines is 1. The monoisotopic (exact) mass is 421 g/mol. The van der Waals surface area contributed by atoms with E-state index >= 15 is 0 Å². The molecule has 4 rings (SSSR count). The van der Waals surface area contributed by atoms with Crippen LogP contribution in [-0.4, -0.2) is 46.5 Å². The van der Waals surface area contributed by atoms with Crippen LogP contribution in [0.15, 0.2) is 55.0 Å². The Morgan fingerprint density at radius 3 is 2.74 bits per heavy atom. The van der Waals surface area contributed by atoms with E-state index in [0.717, 1.165) is 23.3 Å². The van der Waals surface area contributed by atoms with Crippen LogP contribution in [0.3, 0.4) is 0 Å². The lowest BCUT2D eigenvalue weighted by Crippen LogP contribution is -2.56. The molecule has 31 heavy (non-hydrogen) atoms. The summed E-state index contributed by atoms with van der Waals surface area (Å²) in [6, 6.07) is 11.0. The third-order valence-corrected chi connectivity index (χ3v) is 5.38. The SMILES string of the molecule is CC(C)OCC(=O)C1NCC1c1ccc(NC(=O)NCc2ccn3ccnc3c2)cc1. The number of ether oxygens (including phenoxy) is 1. The van der Waals surface area contributed by atoms with Crippen molar-refractivity contribution >= 4 is 23.1 Å².